The second kappa shape index (κ2) is 6.40. The molecule has 0 atom stereocenters. The first-order chi connectivity index (χ1) is 10.6. The van der Waals surface area contributed by atoms with Crippen molar-refractivity contribution in [2.75, 3.05) is 38.1 Å². The van der Waals surface area contributed by atoms with Gasteiger partial charge in [0.1, 0.15) is 11.5 Å². The molecule has 2 aromatic heterocycles. The Morgan fingerprint density at radius 1 is 1.05 bits per heavy atom. The number of aromatic nitrogens is 3. The standard InChI is InChI=1S/C17H23N5/c1-13(2)15-12-16(22-10-8-21(3)9-11-22)20-17(19-15)14-6-4-5-7-18-14/h4-7,12-13H,8-11H2,1-3H3. The summed E-state index contributed by atoms with van der Waals surface area (Å²) in [7, 11) is 2.16. The molecule has 0 bridgehead atoms. The number of hydrogen-bond acceptors (Lipinski definition) is 5. The van der Waals surface area contributed by atoms with Crippen LogP contribution in [0.15, 0.2) is 30.5 Å². The summed E-state index contributed by atoms with van der Waals surface area (Å²) < 4.78 is 0. The van der Waals surface area contributed by atoms with Crippen LogP contribution >= 0.6 is 0 Å². The van der Waals surface area contributed by atoms with Gasteiger partial charge in [-0.3, -0.25) is 4.98 Å². The molecule has 0 aliphatic carbocycles. The van der Waals surface area contributed by atoms with Crippen LogP contribution in [0.1, 0.15) is 25.5 Å². The molecule has 0 radical (unpaired) electrons. The molecule has 3 heterocycles. The fourth-order valence-corrected chi connectivity index (χ4v) is 2.56. The molecule has 1 aliphatic rings. The zero-order valence-electron chi connectivity index (χ0n) is 13.5. The van der Waals surface area contributed by atoms with Crippen molar-refractivity contribution in [1.82, 2.24) is 19.9 Å². The second-order valence-electron chi connectivity index (χ2n) is 6.13. The predicted octanol–water partition coefficient (Wildman–Crippen LogP) is 2.41. The lowest BCUT2D eigenvalue weighted by Crippen LogP contribution is -2.44. The lowest BCUT2D eigenvalue weighted by Gasteiger charge is -2.33. The first-order valence-electron chi connectivity index (χ1n) is 7.87. The zero-order chi connectivity index (χ0) is 15.5. The molecule has 5 heteroatoms. The van der Waals surface area contributed by atoms with Crippen LogP contribution in [0, 0.1) is 0 Å². The van der Waals surface area contributed by atoms with Crippen LogP contribution in [0.3, 0.4) is 0 Å². The Morgan fingerprint density at radius 2 is 1.82 bits per heavy atom. The Balaban J connectivity index is 1.97. The smallest absolute Gasteiger partial charge is 0.180 e. The molecule has 0 spiro atoms. The molecular weight excluding hydrogens is 274 g/mol. The fraction of sp³-hybridized carbons (Fsp3) is 0.471. The highest BCUT2D eigenvalue weighted by atomic mass is 15.3. The Kier molecular flexibility index (Phi) is 4.34. The van der Waals surface area contributed by atoms with Crippen LogP contribution in [0.4, 0.5) is 5.82 Å². The average molecular weight is 297 g/mol. The van der Waals surface area contributed by atoms with Gasteiger partial charge >= 0.3 is 0 Å². The van der Waals surface area contributed by atoms with Gasteiger partial charge < -0.3 is 9.80 Å². The summed E-state index contributed by atoms with van der Waals surface area (Å²) >= 11 is 0. The van der Waals surface area contributed by atoms with Gasteiger partial charge in [0.05, 0.1) is 0 Å². The minimum Gasteiger partial charge on any atom is -0.354 e. The normalized spacial score (nSPS) is 16.3. The highest BCUT2D eigenvalue weighted by Gasteiger charge is 2.18. The molecule has 0 aromatic carbocycles. The molecule has 1 saturated heterocycles. The van der Waals surface area contributed by atoms with Crippen molar-refractivity contribution >= 4 is 5.82 Å². The van der Waals surface area contributed by atoms with Gasteiger partial charge in [-0.15, -0.1) is 0 Å². The Hall–Kier alpha value is -2.01. The van der Waals surface area contributed by atoms with E-state index < -0.39 is 0 Å². The first kappa shape index (κ1) is 14.9. The lowest BCUT2D eigenvalue weighted by molar-refractivity contribution is 0.312. The maximum absolute atomic E-state index is 4.77. The molecule has 116 valence electrons. The molecule has 0 unspecified atom stereocenters. The number of anilines is 1. The van der Waals surface area contributed by atoms with Crippen molar-refractivity contribution in [2.45, 2.75) is 19.8 Å². The van der Waals surface area contributed by atoms with Crippen LogP contribution < -0.4 is 4.90 Å². The van der Waals surface area contributed by atoms with E-state index in [1.165, 1.54) is 0 Å². The molecule has 5 nitrogen and oxygen atoms in total. The number of likely N-dealkylation sites (N-methyl/N-ethyl adjacent to an activating group) is 1. The highest BCUT2D eigenvalue weighted by molar-refractivity contribution is 5.54. The monoisotopic (exact) mass is 297 g/mol. The molecule has 2 aromatic rings. The van der Waals surface area contributed by atoms with Crippen LogP contribution in [-0.4, -0.2) is 53.1 Å². The summed E-state index contributed by atoms with van der Waals surface area (Å²) in [4.78, 5) is 18.6. The van der Waals surface area contributed by atoms with E-state index in [4.69, 9.17) is 9.97 Å². The summed E-state index contributed by atoms with van der Waals surface area (Å²) in [5.74, 6) is 2.12. The van der Waals surface area contributed by atoms with Gasteiger partial charge in [0.25, 0.3) is 0 Å². The van der Waals surface area contributed by atoms with Crippen molar-refractivity contribution in [3.63, 3.8) is 0 Å². The van der Waals surface area contributed by atoms with E-state index in [1.54, 1.807) is 6.20 Å². The van der Waals surface area contributed by atoms with Gasteiger partial charge in [0, 0.05) is 44.1 Å². The highest BCUT2D eigenvalue weighted by Crippen LogP contribution is 2.23. The van der Waals surface area contributed by atoms with Crippen molar-refractivity contribution in [3.05, 3.63) is 36.2 Å². The summed E-state index contributed by atoms with van der Waals surface area (Å²) in [6.45, 7) is 8.48. The third-order valence-corrected chi connectivity index (χ3v) is 4.05. The number of piperazine rings is 1. The van der Waals surface area contributed by atoms with E-state index in [1.807, 2.05) is 18.2 Å². The predicted molar refractivity (Wildman–Crippen MR) is 89.1 cm³/mol. The van der Waals surface area contributed by atoms with E-state index in [9.17, 15) is 0 Å². The number of hydrogen-bond donors (Lipinski definition) is 0. The first-order valence-corrected chi connectivity index (χ1v) is 7.87. The van der Waals surface area contributed by atoms with E-state index in [2.05, 4.69) is 41.7 Å². The topological polar surface area (TPSA) is 45.2 Å². The molecule has 0 N–H and O–H groups in total. The van der Waals surface area contributed by atoms with Crippen molar-refractivity contribution in [1.29, 1.82) is 0 Å². The van der Waals surface area contributed by atoms with Crippen molar-refractivity contribution in [3.8, 4) is 11.5 Å². The van der Waals surface area contributed by atoms with Crippen LogP contribution in [0.2, 0.25) is 0 Å². The van der Waals surface area contributed by atoms with Gasteiger partial charge in [-0.25, -0.2) is 9.97 Å². The molecule has 1 fully saturated rings. The molecule has 3 rings (SSSR count). The molecule has 1 aliphatic heterocycles. The van der Waals surface area contributed by atoms with Crippen LogP contribution in [0.5, 0.6) is 0 Å². The van der Waals surface area contributed by atoms with Gasteiger partial charge in [-0.2, -0.15) is 0 Å². The minimum atomic E-state index is 0.372. The zero-order valence-corrected chi connectivity index (χ0v) is 13.5. The third-order valence-electron chi connectivity index (χ3n) is 4.05. The fourth-order valence-electron chi connectivity index (χ4n) is 2.56. The minimum absolute atomic E-state index is 0.372. The summed E-state index contributed by atoms with van der Waals surface area (Å²) in [5, 5.41) is 0. The number of rotatable bonds is 3. The van der Waals surface area contributed by atoms with Crippen molar-refractivity contribution < 1.29 is 0 Å². The summed E-state index contributed by atoms with van der Waals surface area (Å²) in [5.41, 5.74) is 1.91. The Morgan fingerprint density at radius 3 is 2.45 bits per heavy atom. The van der Waals surface area contributed by atoms with E-state index >= 15 is 0 Å². The molecular formula is C17H23N5. The van der Waals surface area contributed by atoms with E-state index in [0.29, 0.717) is 5.92 Å². The van der Waals surface area contributed by atoms with Crippen LogP contribution in [-0.2, 0) is 0 Å². The number of nitrogens with zero attached hydrogens (tertiary/aromatic N) is 5. The van der Waals surface area contributed by atoms with Gasteiger partial charge in [0.2, 0.25) is 0 Å². The lowest BCUT2D eigenvalue weighted by atomic mass is 10.1. The molecule has 22 heavy (non-hydrogen) atoms. The van der Waals surface area contributed by atoms with Gasteiger partial charge in [-0.1, -0.05) is 19.9 Å². The quantitative estimate of drug-likeness (QED) is 0.870. The largest absolute Gasteiger partial charge is 0.354 e. The second-order valence-corrected chi connectivity index (χ2v) is 6.13. The van der Waals surface area contributed by atoms with E-state index in [-0.39, 0.29) is 0 Å². The third kappa shape index (κ3) is 3.25. The molecule has 0 amide bonds. The Labute approximate surface area is 132 Å². The number of pyridine rings is 1. The SMILES string of the molecule is CC(C)c1cc(N2CCN(C)CC2)nc(-c2ccccn2)n1. The summed E-state index contributed by atoms with van der Waals surface area (Å²) in [6, 6.07) is 7.98. The van der Waals surface area contributed by atoms with E-state index in [0.717, 1.165) is 49.2 Å². The van der Waals surface area contributed by atoms with Gasteiger partial charge in [0.15, 0.2) is 5.82 Å². The van der Waals surface area contributed by atoms with Crippen molar-refractivity contribution in [2.24, 2.45) is 0 Å². The summed E-state index contributed by atoms with van der Waals surface area (Å²) in [6.07, 6.45) is 1.79. The molecule has 0 saturated carbocycles. The maximum atomic E-state index is 4.77. The average Bonchev–Trinajstić information content (AvgIpc) is 2.56. The Bertz CT molecular complexity index is 618. The van der Waals surface area contributed by atoms with Gasteiger partial charge in [-0.05, 0) is 25.1 Å². The maximum Gasteiger partial charge on any atom is 0.180 e. The van der Waals surface area contributed by atoms with Crippen LogP contribution in [0.25, 0.3) is 11.5 Å².